The third-order valence-corrected chi connectivity index (χ3v) is 4.77. The van der Waals surface area contributed by atoms with E-state index in [1.54, 1.807) is 29.3 Å². The Kier molecular flexibility index (Phi) is 4.82. The molecule has 1 heterocycles. The van der Waals surface area contributed by atoms with Gasteiger partial charge < -0.3 is 4.90 Å². The van der Waals surface area contributed by atoms with Crippen molar-refractivity contribution in [2.45, 2.75) is 32.1 Å². The van der Waals surface area contributed by atoms with Crippen LogP contribution in [0, 0.1) is 11.3 Å². The van der Waals surface area contributed by atoms with Crippen LogP contribution in [-0.4, -0.2) is 17.4 Å². The fraction of sp³-hybridized carbons (Fsp3) is 0.316. The average molecular weight is 340 g/mol. The molecule has 122 valence electrons. The molecule has 0 spiro atoms. The number of hydrogen-bond donors (Lipinski definition) is 0. The highest BCUT2D eigenvalue weighted by Crippen LogP contribution is 2.33. The number of carbonyl (C=O) groups is 1. The molecule has 0 saturated carbocycles. The SMILES string of the molecule is CCN(C(=O)[C@@H]1CCCc2cccnc21)c1ccc(C#N)c(Cl)c1. The first kappa shape index (κ1) is 16.5. The van der Waals surface area contributed by atoms with E-state index in [4.69, 9.17) is 16.9 Å². The lowest BCUT2D eigenvalue weighted by molar-refractivity contribution is -0.120. The molecule has 1 atom stereocenters. The highest BCUT2D eigenvalue weighted by Gasteiger charge is 2.31. The van der Waals surface area contributed by atoms with Gasteiger partial charge in [0.1, 0.15) is 6.07 Å². The summed E-state index contributed by atoms with van der Waals surface area (Å²) >= 11 is 6.13. The molecule has 1 aromatic carbocycles. The number of aromatic nitrogens is 1. The number of likely N-dealkylation sites (N-methyl/N-ethyl adjacent to an activating group) is 1. The molecular formula is C19H18ClN3O. The van der Waals surface area contributed by atoms with Crippen LogP contribution in [0.15, 0.2) is 36.5 Å². The lowest BCUT2D eigenvalue weighted by Crippen LogP contribution is -2.36. The number of pyridine rings is 1. The number of nitrogens with zero attached hydrogens (tertiary/aromatic N) is 3. The Morgan fingerprint density at radius 1 is 1.46 bits per heavy atom. The van der Waals surface area contributed by atoms with Gasteiger partial charge in [0, 0.05) is 18.4 Å². The Morgan fingerprint density at radius 3 is 3.00 bits per heavy atom. The molecule has 2 aromatic rings. The molecular weight excluding hydrogens is 322 g/mol. The molecule has 1 aliphatic carbocycles. The third-order valence-electron chi connectivity index (χ3n) is 4.46. The second-order valence-electron chi connectivity index (χ2n) is 5.85. The molecule has 0 radical (unpaired) electrons. The van der Waals surface area contributed by atoms with Gasteiger partial charge in [0.2, 0.25) is 5.91 Å². The van der Waals surface area contributed by atoms with Crippen LogP contribution in [0.4, 0.5) is 5.69 Å². The maximum absolute atomic E-state index is 13.1. The number of amides is 1. The molecule has 1 aromatic heterocycles. The van der Waals surface area contributed by atoms with Crippen molar-refractivity contribution in [3.63, 3.8) is 0 Å². The molecule has 24 heavy (non-hydrogen) atoms. The molecule has 0 saturated heterocycles. The second kappa shape index (κ2) is 7.02. The maximum Gasteiger partial charge on any atom is 0.236 e. The number of nitriles is 1. The van der Waals surface area contributed by atoms with Crippen molar-refractivity contribution < 1.29 is 4.79 Å². The van der Waals surface area contributed by atoms with Crippen LogP contribution in [0.2, 0.25) is 5.02 Å². The van der Waals surface area contributed by atoms with Gasteiger partial charge in [-0.05, 0) is 56.0 Å². The number of benzene rings is 1. The van der Waals surface area contributed by atoms with Crippen LogP contribution in [0.5, 0.6) is 0 Å². The maximum atomic E-state index is 13.1. The van der Waals surface area contributed by atoms with Crippen molar-refractivity contribution in [1.82, 2.24) is 4.98 Å². The highest BCUT2D eigenvalue weighted by molar-refractivity contribution is 6.32. The first-order chi connectivity index (χ1) is 11.7. The minimum absolute atomic E-state index is 0.0397. The van der Waals surface area contributed by atoms with Crippen LogP contribution in [-0.2, 0) is 11.2 Å². The van der Waals surface area contributed by atoms with E-state index in [1.807, 2.05) is 19.1 Å². The van der Waals surface area contributed by atoms with E-state index >= 15 is 0 Å². The molecule has 4 nitrogen and oxygen atoms in total. The summed E-state index contributed by atoms with van der Waals surface area (Å²) in [5.41, 5.74) is 3.19. The van der Waals surface area contributed by atoms with Crippen molar-refractivity contribution >= 4 is 23.2 Å². The molecule has 1 aliphatic rings. The lowest BCUT2D eigenvalue weighted by Gasteiger charge is -2.29. The molecule has 1 amide bonds. The number of rotatable bonds is 3. The van der Waals surface area contributed by atoms with E-state index in [0.717, 1.165) is 36.2 Å². The molecule has 0 bridgehead atoms. The standard InChI is InChI=1S/C19H18ClN3O/c1-2-23(15-9-8-14(12-21)17(20)11-15)19(24)16-7-3-5-13-6-4-10-22-18(13)16/h4,6,8-11,16H,2-3,5,7H2,1H3/t16-/m1/s1. The molecule has 0 N–H and O–H groups in total. The molecule has 0 aliphatic heterocycles. The predicted octanol–water partition coefficient (Wildman–Crippen LogP) is 4.08. The summed E-state index contributed by atoms with van der Waals surface area (Å²) < 4.78 is 0. The van der Waals surface area contributed by atoms with E-state index in [-0.39, 0.29) is 11.8 Å². The Hall–Kier alpha value is -2.38. The van der Waals surface area contributed by atoms with E-state index in [2.05, 4.69) is 11.1 Å². The lowest BCUT2D eigenvalue weighted by atomic mass is 9.85. The summed E-state index contributed by atoms with van der Waals surface area (Å²) in [6, 6.07) is 11.1. The molecule has 0 fully saturated rings. The summed E-state index contributed by atoms with van der Waals surface area (Å²) in [6.07, 6.45) is 4.52. The summed E-state index contributed by atoms with van der Waals surface area (Å²) in [5.74, 6) is -0.178. The highest BCUT2D eigenvalue weighted by atomic mass is 35.5. The second-order valence-corrected chi connectivity index (χ2v) is 6.26. The number of fused-ring (bicyclic) bond motifs is 1. The first-order valence-electron chi connectivity index (χ1n) is 8.10. The van der Waals surface area contributed by atoms with Gasteiger partial charge in [-0.2, -0.15) is 5.26 Å². The Morgan fingerprint density at radius 2 is 2.29 bits per heavy atom. The van der Waals surface area contributed by atoms with Gasteiger partial charge in [-0.3, -0.25) is 9.78 Å². The van der Waals surface area contributed by atoms with E-state index in [0.29, 0.717) is 17.1 Å². The molecule has 0 unspecified atom stereocenters. The number of carbonyl (C=O) groups excluding carboxylic acids is 1. The van der Waals surface area contributed by atoms with Crippen molar-refractivity contribution in [1.29, 1.82) is 5.26 Å². The van der Waals surface area contributed by atoms with Gasteiger partial charge >= 0.3 is 0 Å². The van der Waals surface area contributed by atoms with Crippen molar-refractivity contribution in [3.8, 4) is 6.07 Å². The fourth-order valence-electron chi connectivity index (χ4n) is 3.27. The Labute approximate surface area is 146 Å². The summed E-state index contributed by atoms with van der Waals surface area (Å²) in [4.78, 5) is 19.3. The summed E-state index contributed by atoms with van der Waals surface area (Å²) in [5, 5.41) is 9.37. The van der Waals surface area contributed by atoms with Crippen molar-refractivity contribution in [3.05, 3.63) is 58.4 Å². The van der Waals surface area contributed by atoms with Gasteiger partial charge in [-0.1, -0.05) is 17.7 Å². The van der Waals surface area contributed by atoms with E-state index < -0.39 is 0 Å². The number of anilines is 1. The smallest absolute Gasteiger partial charge is 0.236 e. The number of aryl methyl sites for hydroxylation is 1. The fourth-order valence-corrected chi connectivity index (χ4v) is 3.48. The van der Waals surface area contributed by atoms with Gasteiger partial charge in [0.25, 0.3) is 0 Å². The van der Waals surface area contributed by atoms with E-state index in [1.165, 1.54) is 0 Å². The normalized spacial score (nSPS) is 16.1. The average Bonchev–Trinajstić information content (AvgIpc) is 2.62. The predicted molar refractivity (Wildman–Crippen MR) is 94.1 cm³/mol. The number of hydrogen-bond acceptors (Lipinski definition) is 3. The minimum atomic E-state index is -0.218. The van der Waals surface area contributed by atoms with E-state index in [9.17, 15) is 4.79 Å². The summed E-state index contributed by atoms with van der Waals surface area (Å²) in [6.45, 7) is 2.48. The van der Waals surface area contributed by atoms with Crippen LogP contribution in [0.3, 0.4) is 0 Å². The van der Waals surface area contributed by atoms with Gasteiger partial charge in [-0.25, -0.2) is 0 Å². The monoisotopic (exact) mass is 339 g/mol. The Balaban J connectivity index is 1.94. The van der Waals surface area contributed by atoms with Crippen LogP contribution >= 0.6 is 11.6 Å². The van der Waals surface area contributed by atoms with Gasteiger partial charge in [0.15, 0.2) is 0 Å². The topological polar surface area (TPSA) is 57.0 Å². The summed E-state index contributed by atoms with van der Waals surface area (Å²) in [7, 11) is 0. The Bertz CT molecular complexity index is 812. The van der Waals surface area contributed by atoms with Crippen molar-refractivity contribution in [2.75, 3.05) is 11.4 Å². The largest absolute Gasteiger partial charge is 0.312 e. The minimum Gasteiger partial charge on any atom is -0.312 e. The first-order valence-corrected chi connectivity index (χ1v) is 8.48. The zero-order valence-electron chi connectivity index (χ0n) is 13.5. The van der Waals surface area contributed by atoms with Crippen LogP contribution in [0.1, 0.15) is 42.5 Å². The molecule has 3 rings (SSSR count). The molecule has 5 heteroatoms. The van der Waals surface area contributed by atoms with Crippen LogP contribution < -0.4 is 4.90 Å². The van der Waals surface area contributed by atoms with Crippen molar-refractivity contribution in [2.24, 2.45) is 0 Å². The van der Waals surface area contributed by atoms with Crippen LogP contribution in [0.25, 0.3) is 0 Å². The quantitative estimate of drug-likeness (QED) is 0.846. The van der Waals surface area contributed by atoms with Gasteiger partial charge in [-0.15, -0.1) is 0 Å². The van der Waals surface area contributed by atoms with Gasteiger partial charge in [0.05, 0.1) is 22.2 Å². The third kappa shape index (κ3) is 3.00. The zero-order chi connectivity index (χ0) is 17.1. The number of halogens is 1. The zero-order valence-corrected chi connectivity index (χ0v) is 14.3.